The maximum atomic E-state index is 13.7. The van der Waals surface area contributed by atoms with Crippen LogP contribution in [0.3, 0.4) is 0 Å². The smallest absolute Gasteiger partial charge is 0.316 e. The molecule has 182 valence electrons. The van der Waals surface area contributed by atoms with E-state index in [2.05, 4.69) is 11.2 Å². The summed E-state index contributed by atoms with van der Waals surface area (Å²) in [6.07, 6.45) is -0.793. The number of urea groups is 1. The highest BCUT2D eigenvalue weighted by atomic mass is 19.4. The highest BCUT2D eigenvalue weighted by Gasteiger charge is 2.45. The summed E-state index contributed by atoms with van der Waals surface area (Å²) < 4.78 is 41.8. The van der Waals surface area contributed by atoms with Crippen molar-refractivity contribution in [1.82, 2.24) is 14.7 Å². The van der Waals surface area contributed by atoms with Crippen molar-refractivity contribution in [3.8, 4) is 17.2 Å². The van der Waals surface area contributed by atoms with E-state index >= 15 is 0 Å². The number of nitriles is 1. The molecule has 0 saturated carbocycles. The fraction of sp³-hybridized carbons (Fsp3) is 0.231. The number of carbonyl (C=O) groups excluding carboxylic acids is 2. The van der Waals surface area contributed by atoms with Gasteiger partial charge in [-0.1, -0.05) is 12.1 Å². The molecule has 3 aromatic rings. The van der Waals surface area contributed by atoms with Crippen molar-refractivity contribution in [2.24, 2.45) is 7.05 Å². The number of halogens is 3. The van der Waals surface area contributed by atoms with Crippen LogP contribution in [0.5, 0.6) is 0 Å². The SMILES string of the molecule is CN1C(=O)N(c2cccc(C(F)(F)F)c2)C2=C(C(=O)CC2)C1c1ccc(C#N)cc1-c1cnn(C)c1. The number of anilines is 1. The molecule has 2 aromatic carbocycles. The van der Waals surface area contributed by atoms with Gasteiger partial charge in [0.1, 0.15) is 0 Å². The van der Waals surface area contributed by atoms with Gasteiger partial charge >= 0.3 is 12.2 Å². The van der Waals surface area contributed by atoms with Crippen LogP contribution in [0.2, 0.25) is 0 Å². The molecule has 0 saturated heterocycles. The lowest BCUT2D eigenvalue weighted by Crippen LogP contribution is -2.48. The van der Waals surface area contributed by atoms with E-state index in [-0.39, 0.29) is 24.3 Å². The second kappa shape index (κ2) is 8.37. The summed E-state index contributed by atoms with van der Waals surface area (Å²) in [6.45, 7) is 0. The zero-order chi connectivity index (χ0) is 25.8. The number of carbonyl (C=O) groups is 2. The molecule has 2 heterocycles. The number of benzene rings is 2. The summed E-state index contributed by atoms with van der Waals surface area (Å²) >= 11 is 0. The van der Waals surface area contributed by atoms with Crippen LogP contribution in [0.15, 0.2) is 66.1 Å². The second-order valence-electron chi connectivity index (χ2n) is 8.78. The fourth-order valence-corrected chi connectivity index (χ4v) is 4.91. The zero-order valence-electron chi connectivity index (χ0n) is 19.4. The Balaban J connectivity index is 1.70. The number of aromatic nitrogens is 2. The molecule has 0 radical (unpaired) electrons. The summed E-state index contributed by atoms with van der Waals surface area (Å²) in [6, 6.07) is 10.3. The number of allylic oxidation sites excluding steroid dienone is 1. The van der Waals surface area contributed by atoms with Crippen molar-refractivity contribution in [1.29, 1.82) is 5.26 Å². The topological polar surface area (TPSA) is 82.2 Å². The van der Waals surface area contributed by atoms with Crippen LogP contribution in [0, 0.1) is 11.3 Å². The summed E-state index contributed by atoms with van der Waals surface area (Å²) in [4.78, 5) is 29.4. The first-order valence-corrected chi connectivity index (χ1v) is 11.1. The summed E-state index contributed by atoms with van der Waals surface area (Å²) in [5, 5.41) is 13.7. The number of hydrogen-bond donors (Lipinski definition) is 0. The van der Waals surface area contributed by atoms with Gasteiger partial charge in [-0.3, -0.25) is 14.4 Å². The number of aryl methyl sites for hydroxylation is 1. The van der Waals surface area contributed by atoms with Gasteiger partial charge in [0.25, 0.3) is 0 Å². The van der Waals surface area contributed by atoms with E-state index in [4.69, 9.17) is 0 Å². The first kappa shape index (κ1) is 23.4. The average molecular weight is 491 g/mol. The van der Waals surface area contributed by atoms with Crippen molar-refractivity contribution >= 4 is 17.5 Å². The normalized spacial score (nSPS) is 18.1. The fourth-order valence-electron chi connectivity index (χ4n) is 4.91. The van der Waals surface area contributed by atoms with Gasteiger partial charge in [-0.2, -0.15) is 23.5 Å². The number of Topliss-reactive ketones (excluding diaryl/α,β-unsaturated/α-hetero) is 1. The van der Waals surface area contributed by atoms with Gasteiger partial charge in [0.05, 0.1) is 35.1 Å². The molecule has 0 fully saturated rings. The number of nitrogens with zero attached hydrogens (tertiary/aromatic N) is 5. The molecule has 0 bridgehead atoms. The Hall–Kier alpha value is -4.39. The van der Waals surface area contributed by atoms with E-state index in [1.807, 2.05) is 0 Å². The maximum Gasteiger partial charge on any atom is 0.416 e. The van der Waals surface area contributed by atoms with E-state index < -0.39 is 23.8 Å². The van der Waals surface area contributed by atoms with E-state index in [9.17, 15) is 28.0 Å². The molecule has 2 aliphatic rings. The predicted octanol–water partition coefficient (Wildman–Crippen LogP) is 5.21. The maximum absolute atomic E-state index is 13.7. The molecule has 10 heteroatoms. The number of ketones is 1. The van der Waals surface area contributed by atoms with Crippen LogP contribution in [-0.4, -0.2) is 33.5 Å². The lowest BCUT2D eigenvalue weighted by molar-refractivity contribution is -0.137. The van der Waals surface area contributed by atoms with Crippen LogP contribution in [-0.2, 0) is 18.0 Å². The van der Waals surface area contributed by atoms with Crippen molar-refractivity contribution in [2.75, 3.05) is 11.9 Å². The minimum Gasteiger partial charge on any atom is -0.316 e. The minimum atomic E-state index is -4.58. The number of alkyl halides is 3. The molecule has 0 N–H and O–H groups in total. The van der Waals surface area contributed by atoms with Gasteiger partial charge in [0, 0.05) is 43.5 Å². The number of amides is 2. The second-order valence-corrected chi connectivity index (χ2v) is 8.78. The first-order chi connectivity index (χ1) is 17.1. The number of rotatable bonds is 3. The van der Waals surface area contributed by atoms with Crippen molar-refractivity contribution in [2.45, 2.75) is 25.1 Å². The van der Waals surface area contributed by atoms with Crippen LogP contribution < -0.4 is 4.90 Å². The lowest BCUT2D eigenvalue weighted by Gasteiger charge is -2.41. The molecule has 7 nitrogen and oxygen atoms in total. The van der Waals surface area contributed by atoms with Crippen LogP contribution in [0.4, 0.5) is 23.7 Å². The number of likely N-dealkylation sites (N-methyl/N-ethyl adjacent to an activating group) is 1. The van der Waals surface area contributed by atoms with E-state index in [1.165, 1.54) is 29.0 Å². The largest absolute Gasteiger partial charge is 0.416 e. The molecular weight excluding hydrogens is 471 g/mol. The third kappa shape index (κ3) is 3.73. The van der Waals surface area contributed by atoms with E-state index in [1.54, 1.807) is 42.3 Å². The summed E-state index contributed by atoms with van der Waals surface area (Å²) in [5.74, 6) is -0.173. The van der Waals surface area contributed by atoms with Crippen molar-refractivity contribution < 1.29 is 22.8 Å². The monoisotopic (exact) mass is 491 g/mol. The molecule has 0 spiro atoms. The van der Waals surface area contributed by atoms with Gasteiger partial charge in [-0.25, -0.2) is 4.79 Å². The molecule has 1 aliphatic heterocycles. The molecule has 1 aliphatic carbocycles. The summed E-state index contributed by atoms with van der Waals surface area (Å²) in [5.41, 5.74) is 2.32. The Morgan fingerprint density at radius 3 is 2.53 bits per heavy atom. The molecule has 1 aromatic heterocycles. The Labute approximate surface area is 204 Å². The Morgan fingerprint density at radius 1 is 1.08 bits per heavy atom. The van der Waals surface area contributed by atoms with Gasteiger partial charge in [-0.15, -0.1) is 0 Å². The standard InChI is InChI=1S/C26H20F3N5O2/c1-32-14-16(13-31-32)20-10-15(12-30)6-7-19(20)24-23-21(8-9-22(23)35)34(25(36)33(24)2)18-5-3-4-17(11-18)26(27,28)29/h3-7,10-11,13-14,24H,8-9H2,1-2H3. The van der Waals surface area contributed by atoms with Crippen LogP contribution in [0.25, 0.3) is 11.1 Å². The number of hydrogen-bond acceptors (Lipinski definition) is 4. The minimum absolute atomic E-state index is 0.0506. The lowest BCUT2D eigenvalue weighted by atomic mass is 9.87. The quantitative estimate of drug-likeness (QED) is 0.504. The Morgan fingerprint density at radius 2 is 1.86 bits per heavy atom. The van der Waals surface area contributed by atoms with E-state index in [0.717, 1.165) is 12.1 Å². The van der Waals surface area contributed by atoms with E-state index in [0.29, 0.717) is 33.5 Å². The van der Waals surface area contributed by atoms with Crippen LogP contribution in [0.1, 0.15) is 35.6 Å². The predicted molar refractivity (Wildman–Crippen MR) is 124 cm³/mol. The zero-order valence-corrected chi connectivity index (χ0v) is 19.4. The van der Waals surface area contributed by atoms with Crippen LogP contribution >= 0.6 is 0 Å². The molecule has 1 unspecified atom stereocenters. The van der Waals surface area contributed by atoms with Crippen molar-refractivity contribution in [3.05, 3.63) is 82.8 Å². The van der Waals surface area contributed by atoms with Gasteiger partial charge in [-0.05, 0) is 47.9 Å². The summed E-state index contributed by atoms with van der Waals surface area (Å²) in [7, 11) is 3.27. The Bertz CT molecular complexity index is 1480. The Kier molecular flexibility index (Phi) is 5.43. The highest BCUT2D eigenvalue weighted by molar-refractivity contribution is 6.08. The van der Waals surface area contributed by atoms with Gasteiger partial charge in [0.15, 0.2) is 5.78 Å². The molecule has 5 rings (SSSR count). The molecule has 2 amide bonds. The van der Waals surface area contributed by atoms with Crippen molar-refractivity contribution in [3.63, 3.8) is 0 Å². The molecule has 1 atom stereocenters. The third-order valence-corrected chi connectivity index (χ3v) is 6.55. The van der Waals surface area contributed by atoms with Gasteiger partial charge < -0.3 is 4.90 Å². The molecular formula is C26H20F3N5O2. The first-order valence-electron chi connectivity index (χ1n) is 11.1. The highest BCUT2D eigenvalue weighted by Crippen LogP contribution is 2.47. The third-order valence-electron chi connectivity index (χ3n) is 6.55. The average Bonchev–Trinajstić information content (AvgIpc) is 3.45. The van der Waals surface area contributed by atoms with Gasteiger partial charge in [0.2, 0.25) is 0 Å². The molecule has 36 heavy (non-hydrogen) atoms.